The van der Waals surface area contributed by atoms with Gasteiger partial charge in [-0.1, -0.05) is 60.7 Å². The standard InChI is InChI=1S/C24H23NO5S/c1-30-24(27)22(16-17-31(28,29)21-10-6-3-7-11-21)25-23(26)20-14-12-19(13-15-20)18-8-4-2-5-9-18/h2-15,22H,16-17H2,1H3,(H,25,26)/t22-/m1/s1. The third-order valence-corrected chi connectivity index (χ3v) is 6.59. The van der Waals surface area contributed by atoms with Crippen molar-refractivity contribution in [2.24, 2.45) is 0 Å². The number of carbonyl (C=O) groups is 2. The molecule has 1 amide bonds. The summed E-state index contributed by atoms with van der Waals surface area (Å²) >= 11 is 0. The van der Waals surface area contributed by atoms with E-state index in [1.165, 1.54) is 19.2 Å². The van der Waals surface area contributed by atoms with Crippen molar-refractivity contribution in [3.8, 4) is 11.1 Å². The molecular formula is C24H23NO5S. The fourth-order valence-electron chi connectivity index (χ4n) is 3.10. The summed E-state index contributed by atoms with van der Waals surface area (Å²) in [6.45, 7) is 0. The molecule has 0 radical (unpaired) electrons. The van der Waals surface area contributed by atoms with E-state index in [4.69, 9.17) is 4.74 Å². The largest absolute Gasteiger partial charge is 0.467 e. The summed E-state index contributed by atoms with van der Waals surface area (Å²) in [7, 11) is -2.40. The van der Waals surface area contributed by atoms with Crippen LogP contribution in [0.25, 0.3) is 11.1 Å². The summed E-state index contributed by atoms with van der Waals surface area (Å²) in [5, 5.41) is 2.59. The van der Waals surface area contributed by atoms with Crippen molar-refractivity contribution in [2.75, 3.05) is 12.9 Å². The second-order valence-corrected chi connectivity index (χ2v) is 9.02. The Morgan fingerprint density at radius 2 is 1.39 bits per heavy atom. The average molecular weight is 438 g/mol. The predicted molar refractivity (Wildman–Crippen MR) is 118 cm³/mol. The lowest BCUT2D eigenvalue weighted by Crippen LogP contribution is -2.42. The van der Waals surface area contributed by atoms with Crippen molar-refractivity contribution in [2.45, 2.75) is 17.4 Å². The fourth-order valence-corrected chi connectivity index (χ4v) is 4.45. The number of hydrogen-bond acceptors (Lipinski definition) is 5. The molecule has 0 saturated heterocycles. The number of carbonyl (C=O) groups excluding carboxylic acids is 2. The zero-order valence-corrected chi connectivity index (χ0v) is 17.8. The Bertz CT molecular complexity index is 1130. The second kappa shape index (κ2) is 10.0. The van der Waals surface area contributed by atoms with Gasteiger partial charge in [0.2, 0.25) is 0 Å². The third-order valence-electron chi connectivity index (χ3n) is 4.82. The van der Waals surface area contributed by atoms with Gasteiger partial charge in [0.25, 0.3) is 5.91 Å². The third kappa shape index (κ3) is 5.79. The van der Waals surface area contributed by atoms with Crippen LogP contribution in [0.3, 0.4) is 0 Å². The highest BCUT2D eigenvalue weighted by Gasteiger charge is 2.25. The number of benzene rings is 3. The number of rotatable bonds is 8. The molecule has 0 aliphatic heterocycles. The van der Waals surface area contributed by atoms with E-state index >= 15 is 0 Å². The first-order valence-corrected chi connectivity index (χ1v) is 11.4. The quantitative estimate of drug-likeness (QED) is 0.545. The predicted octanol–water partition coefficient (Wildman–Crippen LogP) is 3.49. The number of amides is 1. The Labute approximate surface area is 181 Å². The van der Waals surface area contributed by atoms with Crippen LogP contribution in [0, 0.1) is 0 Å². The zero-order chi connectivity index (χ0) is 22.3. The van der Waals surface area contributed by atoms with Crippen molar-refractivity contribution < 1.29 is 22.7 Å². The Morgan fingerprint density at radius 1 is 0.839 bits per heavy atom. The van der Waals surface area contributed by atoms with Gasteiger partial charge in [-0.3, -0.25) is 4.79 Å². The van der Waals surface area contributed by atoms with Crippen LogP contribution < -0.4 is 5.32 Å². The normalized spacial score (nSPS) is 12.0. The molecule has 1 atom stereocenters. The van der Waals surface area contributed by atoms with E-state index in [2.05, 4.69) is 5.32 Å². The molecule has 3 rings (SSSR count). The van der Waals surface area contributed by atoms with Crippen LogP contribution >= 0.6 is 0 Å². The minimum absolute atomic E-state index is 0.0995. The lowest BCUT2D eigenvalue weighted by Gasteiger charge is -2.17. The molecule has 0 unspecified atom stereocenters. The van der Waals surface area contributed by atoms with Gasteiger partial charge in [-0.05, 0) is 41.8 Å². The summed E-state index contributed by atoms with van der Waals surface area (Å²) < 4.78 is 29.8. The number of ether oxygens (including phenoxy) is 1. The molecular weight excluding hydrogens is 414 g/mol. The molecule has 31 heavy (non-hydrogen) atoms. The van der Waals surface area contributed by atoms with Gasteiger partial charge in [-0.2, -0.15) is 0 Å². The van der Waals surface area contributed by atoms with E-state index in [0.717, 1.165) is 11.1 Å². The molecule has 3 aromatic rings. The molecule has 0 aromatic heterocycles. The molecule has 0 spiro atoms. The zero-order valence-electron chi connectivity index (χ0n) is 17.0. The van der Waals surface area contributed by atoms with Crippen LogP contribution in [0.1, 0.15) is 16.8 Å². The van der Waals surface area contributed by atoms with Crippen LogP contribution in [-0.2, 0) is 19.4 Å². The molecule has 160 valence electrons. The topological polar surface area (TPSA) is 89.5 Å². The molecule has 0 bridgehead atoms. The maximum Gasteiger partial charge on any atom is 0.328 e. The highest BCUT2D eigenvalue weighted by Crippen LogP contribution is 2.19. The highest BCUT2D eigenvalue weighted by atomic mass is 32.2. The van der Waals surface area contributed by atoms with Crippen molar-refractivity contribution in [3.63, 3.8) is 0 Å². The lowest BCUT2D eigenvalue weighted by atomic mass is 10.0. The van der Waals surface area contributed by atoms with E-state index in [-0.39, 0.29) is 17.1 Å². The number of methoxy groups -OCH3 is 1. The summed E-state index contributed by atoms with van der Waals surface area (Å²) in [6.07, 6.45) is -0.0995. The summed E-state index contributed by atoms with van der Waals surface area (Å²) in [5.74, 6) is -1.48. The van der Waals surface area contributed by atoms with Gasteiger partial charge >= 0.3 is 5.97 Å². The molecule has 0 saturated carbocycles. The van der Waals surface area contributed by atoms with Gasteiger partial charge in [0.15, 0.2) is 9.84 Å². The van der Waals surface area contributed by atoms with Gasteiger partial charge in [0, 0.05) is 5.56 Å². The first-order valence-electron chi connectivity index (χ1n) is 9.73. The smallest absolute Gasteiger partial charge is 0.328 e. The molecule has 6 nitrogen and oxygen atoms in total. The second-order valence-electron chi connectivity index (χ2n) is 6.91. The molecule has 0 aliphatic rings. The van der Waals surface area contributed by atoms with Crippen molar-refractivity contribution in [3.05, 3.63) is 90.5 Å². The molecule has 7 heteroatoms. The first kappa shape index (κ1) is 22.2. The summed E-state index contributed by atoms with van der Waals surface area (Å²) in [6, 6.07) is 23.6. The van der Waals surface area contributed by atoms with E-state index in [0.29, 0.717) is 5.56 Å². The van der Waals surface area contributed by atoms with Gasteiger partial charge in [-0.15, -0.1) is 0 Å². The van der Waals surface area contributed by atoms with Crippen LogP contribution in [0.2, 0.25) is 0 Å². The van der Waals surface area contributed by atoms with Gasteiger partial charge in [0.1, 0.15) is 6.04 Å². The van der Waals surface area contributed by atoms with Crippen molar-refractivity contribution >= 4 is 21.7 Å². The first-order chi connectivity index (χ1) is 14.9. The average Bonchev–Trinajstić information content (AvgIpc) is 2.82. The van der Waals surface area contributed by atoms with Crippen LogP contribution in [-0.4, -0.2) is 39.2 Å². The van der Waals surface area contributed by atoms with Gasteiger partial charge < -0.3 is 10.1 Å². The maximum atomic E-state index is 12.6. The molecule has 0 aliphatic carbocycles. The van der Waals surface area contributed by atoms with E-state index in [1.807, 2.05) is 42.5 Å². The van der Waals surface area contributed by atoms with E-state index in [1.54, 1.807) is 30.3 Å². The lowest BCUT2D eigenvalue weighted by molar-refractivity contribution is -0.142. The van der Waals surface area contributed by atoms with E-state index < -0.39 is 27.8 Å². The highest BCUT2D eigenvalue weighted by molar-refractivity contribution is 7.91. The Hall–Kier alpha value is -3.45. The Balaban J connectivity index is 1.69. The summed E-state index contributed by atoms with van der Waals surface area (Å²) in [4.78, 5) is 25.0. The van der Waals surface area contributed by atoms with Crippen molar-refractivity contribution in [1.29, 1.82) is 0 Å². The molecule has 1 N–H and O–H groups in total. The fraction of sp³-hybridized carbons (Fsp3) is 0.167. The molecule has 0 heterocycles. The number of nitrogens with one attached hydrogen (secondary N) is 1. The summed E-state index contributed by atoms with van der Waals surface area (Å²) in [5.41, 5.74) is 2.34. The van der Waals surface area contributed by atoms with Crippen LogP contribution in [0.15, 0.2) is 89.8 Å². The maximum absolute atomic E-state index is 12.6. The number of esters is 1. The SMILES string of the molecule is COC(=O)[C@@H](CCS(=O)(=O)c1ccccc1)NC(=O)c1ccc(-c2ccccc2)cc1. The van der Waals surface area contributed by atoms with Crippen LogP contribution in [0.4, 0.5) is 0 Å². The molecule has 0 fully saturated rings. The Kier molecular flexibility index (Phi) is 7.20. The monoisotopic (exact) mass is 437 g/mol. The van der Waals surface area contributed by atoms with Crippen molar-refractivity contribution in [1.82, 2.24) is 5.32 Å². The minimum Gasteiger partial charge on any atom is -0.467 e. The minimum atomic E-state index is -3.59. The Morgan fingerprint density at radius 3 is 1.97 bits per heavy atom. The van der Waals surface area contributed by atoms with Gasteiger partial charge in [-0.25, -0.2) is 13.2 Å². The number of sulfone groups is 1. The van der Waals surface area contributed by atoms with Crippen LogP contribution in [0.5, 0.6) is 0 Å². The number of hydrogen-bond donors (Lipinski definition) is 1. The van der Waals surface area contributed by atoms with E-state index in [9.17, 15) is 18.0 Å². The van der Waals surface area contributed by atoms with Gasteiger partial charge in [0.05, 0.1) is 17.8 Å². The molecule has 3 aromatic carbocycles.